The third kappa shape index (κ3) is 5.26. The van der Waals surface area contributed by atoms with Gasteiger partial charge in [-0.05, 0) is 12.1 Å². The van der Waals surface area contributed by atoms with Gasteiger partial charge < -0.3 is 9.26 Å². The second-order valence-electron chi connectivity index (χ2n) is 7.08. The van der Waals surface area contributed by atoms with Crippen LogP contribution in [0.25, 0.3) is 11.4 Å². The average molecular weight is 468 g/mol. The molecule has 0 amide bonds. The number of alkyl halides is 3. The molecule has 1 fully saturated rings. The zero-order valence-corrected chi connectivity index (χ0v) is 17.5. The Kier molecular flexibility index (Phi) is 6.17. The molecule has 1 aliphatic heterocycles. The van der Waals surface area contributed by atoms with Crippen LogP contribution in [0.3, 0.4) is 0 Å². The lowest BCUT2D eigenvalue weighted by atomic mass is 10.2. The van der Waals surface area contributed by atoms with E-state index in [1.807, 2.05) is 35.2 Å². The fraction of sp³-hybridized carbons (Fsp3) is 0.300. The Morgan fingerprint density at radius 3 is 2.41 bits per heavy atom. The van der Waals surface area contributed by atoms with Gasteiger partial charge in [0.25, 0.3) is 0 Å². The molecule has 4 rings (SSSR count). The van der Waals surface area contributed by atoms with Crippen LogP contribution >= 0.6 is 0 Å². The van der Waals surface area contributed by atoms with Gasteiger partial charge in [0.2, 0.25) is 21.7 Å². The number of aromatic nitrogens is 2. The molecule has 3 aromatic rings. The number of rotatable bonds is 6. The molecule has 32 heavy (non-hydrogen) atoms. The molecule has 1 saturated heterocycles. The van der Waals surface area contributed by atoms with Gasteiger partial charge in [-0.15, -0.1) is 13.2 Å². The van der Waals surface area contributed by atoms with Crippen molar-refractivity contribution >= 4 is 10.0 Å². The molecule has 1 aliphatic rings. The van der Waals surface area contributed by atoms with Crippen molar-refractivity contribution in [1.82, 2.24) is 19.3 Å². The summed E-state index contributed by atoms with van der Waals surface area (Å²) in [5.74, 6) is 0.308. The van der Waals surface area contributed by atoms with Crippen LogP contribution < -0.4 is 4.74 Å². The number of ether oxygens (including phenoxy) is 1. The number of hydrogen-bond acceptors (Lipinski definition) is 7. The van der Waals surface area contributed by atoms with Gasteiger partial charge in [-0.1, -0.05) is 41.6 Å². The zero-order valence-electron chi connectivity index (χ0n) is 16.7. The Balaban J connectivity index is 1.37. The first kappa shape index (κ1) is 22.2. The zero-order chi connectivity index (χ0) is 22.8. The van der Waals surface area contributed by atoms with Crippen LogP contribution in [-0.4, -0.2) is 60.3 Å². The number of piperazine rings is 1. The van der Waals surface area contributed by atoms with E-state index in [0.717, 1.165) is 17.7 Å². The molecule has 8 nitrogen and oxygen atoms in total. The molecule has 0 spiro atoms. The van der Waals surface area contributed by atoms with E-state index in [-0.39, 0.29) is 18.0 Å². The normalized spacial score (nSPS) is 16.2. The van der Waals surface area contributed by atoms with Gasteiger partial charge in [-0.2, -0.15) is 9.29 Å². The smallest absolute Gasteiger partial charge is 0.406 e. The Morgan fingerprint density at radius 1 is 1.00 bits per heavy atom. The lowest BCUT2D eigenvalue weighted by Crippen LogP contribution is -2.48. The van der Waals surface area contributed by atoms with E-state index in [1.165, 1.54) is 16.4 Å². The second-order valence-corrected chi connectivity index (χ2v) is 9.02. The molecule has 1 aromatic heterocycles. The topological polar surface area (TPSA) is 88.8 Å². The van der Waals surface area contributed by atoms with Crippen molar-refractivity contribution in [3.05, 3.63) is 60.5 Å². The molecule has 0 aliphatic carbocycles. The van der Waals surface area contributed by atoms with E-state index >= 15 is 0 Å². The standard InChI is InChI=1S/C20H19F3N4O4S/c21-20(22,23)30-16-7-4-8-17(13-16)32(28,29)27-11-9-26(10-12-27)14-18-24-19(25-31-18)15-5-2-1-3-6-15/h1-8,13H,9-12,14H2. The van der Waals surface area contributed by atoms with Gasteiger partial charge >= 0.3 is 6.36 Å². The van der Waals surface area contributed by atoms with Crippen LogP contribution in [0.5, 0.6) is 5.75 Å². The fourth-order valence-electron chi connectivity index (χ4n) is 3.32. The van der Waals surface area contributed by atoms with Crippen LogP contribution in [0.15, 0.2) is 64.0 Å². The Morgan fingerprint density at radius 2 is 1.72 bits per heavy atom. The molecule has 0 unspecified atom stereocenters. The van der Waals surface area contributed by atoms with Crippen molar-refractivity contribution in [2.24, 2.45) is 0 Å². The summed E-state index contributed by atoms with van der Waals surface area (Å²) in [5, 5.41) is 3.97. The molecular weight excluding hydrogens is 449 g/mol. The largest absolute Gasteiger partial charge is 0.573 e. The third-order valence-electron chi connectivity index (χ3n) is 4.87. The molecule has 2 heterocycles. The molecule has 0 saturated carbocycles. The molecule has 0 radical (unpaired) electrons. The highest BCUT2D eigenvalue weighted by Gasteiger charge is 2.33. The summed E-state index contributed by atoms with van der Waals surface area (Å²) >= 11 is 0. The minimum Gasteiger partial charge on any atom is -0.406 e. The summed E-state index contributed by atoms with van der Waals surface area (Å²) in [6.45, 7) is 1.52. The molecular formula is C20H19F3N4O4S. The van der Waals surface area contributed by atoms with Crippen LogP contribution in [-0.2, 0) is 16.6 Å². The van der Waals surface area contributed by atoms with Crippen molar-refractivity contribution in [1.29, 1.82) is 0 Å². The van der Waals surface area contributed by atoms with E-state index < -0.39 is 22.1 Å². The minimum absolute atomic E-state index is 0.173. The minimum atomic E-state index is -4.90. The first-order valence-electron chi connectivity index (χ1n) is 9.67. The quantitative estimate of drug-likeness (QED) is 0.549. The summed E-state index contributed by atoms with van der Waals surface area (Å²) in [4.78, 5) is 6.09. The van der Waals surface area contributed by atoms with Crippen molar-refractivity contribution in [3.63, 3.8) is 0 Å². The van der Waals surface area contributed by atoms with Crippen LogP contribution in [0.4, 0.5) is 13.2 Å². The van der Waals surface area contributed by atoms with Crippen LogP contribution in [0.2, 0.25) is 0 Å². The summed E-state index contributed by atoms with van der Waals surface area (Å²) < 4.78 is 73.4. The highest BCUT2D eigenvalue weighted by Crippen LogP contribution is 2.27. The van der Waals surface area contributed by atoms with E-state index in [4.69, 9.17) is 4.52 Å². The highest BCUT2D eigenvalue weighted by molar-refractivity contribution is 7.89. The maximum absolute atomic E-state index is 12.9. The molecule has 0 atom stereocenters. The van der Waals surface area contributed by atoms with Crippen molar-refractivity contribution in [2.75, 3.05) is 26.2 Å². The molecule has 2 aromatic carbocycles. The van der Waals surface area contributed by atoms with Crippen molar-refractivity contribution in [2.45, 2.75) is 17.8 Å². The van der Waals surface area contributed by atoms with E-state index in [9.17, 15) is 21.6 Å². The Labute approximate surface area is 182 Å². The van der Waals surface area contributed by atoms with Gasteiger partial charge in [0, 0.05) is 37.8 Å². The maximum Gasteiger partial charge on any atom is 0.573 e. The number of sulfonamides is 1. The number of nitrogens with zero attached hydrogens (tertiary/aromatic N) is 4. The number of benzene rings is 2. The third-order valence-corrected chi connectivity index (χ3v) is 6.76. The first-order valence-corrected chi connectivity index (χ1v) is 11.1. The number of halogens is 3. The van der Waals surface area contributed by atoms with Gasteiger partial charge in [0.1, 0.15) is 5.75 Å². The molecule has 170 valence electrons. The summed E-state index contributed by atoms with van der Waals surface area (Å²) in [6, 6.07) is 13.7. The molecule has 0 bridgehead atoms. The van der Waals surface area contributed by atoms with E-state index in [1.54, 1.807) is 0 Å². The summed E-state index contributed by atoms with van der Waals surface area (Å²) in [6.07, 6.45) is -4.90. The Hall–Kier alpha value is -2.96. The van der Waals surface area contributed by atoms with Crippen LogP contribution in [0, 0.1) is 0 Å². The van der Waals surface area contributed by atoms with Crippen molar-refractivity contribution in [3.8, 4) is 17.1 Å². The first-order chi connectivity index (χ1) is 15.2. The maximum atomic E-state index is 12.9. The summed E-state index contributed by atoms with van der Waals surface area (Å²) in [5.41, 5.74) is 0.829. The highest BCUT2D eigenvalue weighted by atomic mass is 32.2. The van der Waals surface area contributed by atoms with Crippen LogP contribution in [0.1, 0.15) is 5.89 Å². The van der Waals surface area contributed by atoms with E-state index in [2.05, 4.69) is 14.9 Å². The van der Waals surface area contributed by atoms with E-state index in [0.29, 0.717) is 31.3 Å². The number of hydrogen-bond donors (Lipinski definition) is 0. The lowest BCUT2D eigenvalue weighted by molar-refractivity contribution is -0.274. The second kappa shape index (κ2) is 8.88. The van der Waals surface area contributed by atoms with Crippen molar-refractivity contribution < 1.29 is 30.8 Å². The van der Waals surface area contributed by atoms with Gasteiger partial charge in [-0.25, -0.2) is 8.42 Å². The summed E-state index contributed by atoms with van der Waals surface area (Å²) in [7, 11) is -3.96. The monoisotopic (exact) mass is 468 g/mol. The molecule has 0 N–H and O–H groups in total. The van der Waals surface area contributed by atoms with Gasteiger partial charge in [-0.3, -0.25) is 4.90 Å². The fourth-order valence-corrected chi connectivity index (χ4v) is 4.78. The predicted octanol–water partition coefficient (Wildman–Crippen LogP) is 3.14. The predicted molar refractivity (Wildman–Crippen MR) is 107 cm³/mol. The lowest BCUT2D eigenvalue weighted by Gasteiger charge is -2.33. The molecule has 12 heteroatoms. The Bertz CT molecular complexity index is 1160. The average Bonchev–Trinajstić information content (AvgIpc) is 3.22. The SMILES string of the molecule is O=S(=O)(c1cccc(OC(F)(F)F)c1)N1CCN(Cc2nc(-c3ccccc3)no2)CC1. The van der Waals surface area contributed by atoms with Gasteiger partial charge in [0.05, 0.1) is 11.4 Å². The van der Waals surface area contributed by atoms with Gasteiger partial charge in [0.15, 0.2) is 0 Å².